The van der Waals surface area contributed by atoms with Gasteiger partial charge in [0.25, 0.3) is 0 Å². The van der Waals surface area contributed by atoms with E-state index in [2.05, 4.69) is 37.5 Å². The van der Waals surface area contributed by atoms with E-state index in [0.29, 0.717) is 6.04 Å². The van der Waals surface area contributed by atoms with Crippen LogP contribution in [0.5, 0.6) is 0 Å². The molecular weight excluding hydrogens is 194 g/mol. The summed E-state index contributed by atoms with van der Waals surface area (Å²) in [6.07, 6.45) is 7.70. The second kappa shape index (κ2) is 5.49. The summed E-state index contributed by atoms with van der Waals surface area (Å²) in [6, 6.07) is 7.69. The highest BCUT2D eigenvalue weighted by Gasteiger charge is 2.17. The van der Waals surface area contributed by atoms with Crippen molar-refractivity contribution in [2.24, 2.45) is 0 Å². The molecule has 1 aliphatic carbocycles. The predicted octanol–water partition coefficient (Wildman–Crippen LogP) is 3.63. The van der Waals surface area contributed by atoms with Crippen LogP contribution < -0.4 is 5.32 Å². The first-order valence-corrected chi connectivity index (χ1v) is 6.64. The molecule has 0 bridgehead atoms. The standard InChI is InChI=1S/C15H23N/c1-3-6-12-9-10-13-7-4-5-8-15(16-2)14(13)11-12/h9-11,15-16H,3-8H2,1-2H3. The van der Waals surface area contributed by atoms with Gasteiger partial charge in [-0.25, -0.2) is 0 Å². The number of hydrogen-bond donors (Lipinski definition) is 1. The molecule has 1 nitrogen and oxygen atoms in total. The van der Waals surface area contributed by atoms with Gasteiger partial charge < -0.3 is 5.32 Å². The largest absolute Gasteiger partial charge is 0.313 e. The van der Waals surface area contributed by atoms with Gasteiger partial charge in [0, 0.05) is 6.04 Å². The summed E-state index contributed by atoms with van der Waals surface area (Å²) in [7, 11) is 2.09. The Morgan fingerprint density at radius 3 is 2.94 bits per heavy atom. The van der Waals surface area contributed by atoms with E-state index in [1.807, 2.05) is 0 Å². The normalized spacial score (nSPS) is 20.2. The lowest BCUT2D eigenvalue weighted by Gasteiger charge is -2.18. The van der Waals surface area contributed by atoms with Crippen molar-refractivity contribution in [3.8, 4) is 0 Å². The molecule has 1 N–H and O–H groups in total. The number of fused-ring (bicyclic) bond motifs is 1. The third-order valence-corrected chi connectivity index (χ3v) is 3.66. The molecule has 0 aliphatic heterocycles. The van der Waals surface area contributed by atoms with Crippen LogP contribution in [0, 0.1) is 0 Å². The molecule has 16 heavy (non-hydrogen) atoms. The Morgan fingerprint density at radius 1 is 1.31 bits per heavy atom. The van der Waals surface area contributed by atoms with Crippen molar-refractivity contribution in [3.63, 3.8) is 0 Å². The van der Waals surface area contributed by atoms with E-state index in [4.69, 9.17) is 0 Å². The van der Waals surface area contributed by atoms with Gasteiger partial charge in [-0.2, -0.15) is 0 Å². The minimum absolute atomic E-state index is 0.578. The Kier molecular flexibility index (Phi) is 4.00. The SMILES string of the molecule is CCCc1ccc2c(c1)C(NC)CCCC2. The third-order valence-electron chi connectivity index (χ3n) is 3.66. The Morgan fingerprint density at radius 2 is 2.19 bits per heavy atom. The first kappa shape index (κ1) is 11.7. The number of rotatable bonds is 3. The zero-order valence-corrected chi connectivity index (χ0v) is 10.6. The molecular formula is C15H23N. The van der Waals surface area contributed by atoms with Crippen LogP contribution in [0.3, 0.4) is 0 Å². The molecule has 0 radical (unpaired) electrons. The quantitative estimate of drug-likeness (QED) is 0.762. The molecule has 1 heteroatoms. The topological polar surface area (TPSA) is 12.0 Å². The van der Waals surface area contributed by atoms with Crippen LogP contribution in [0.15, 0.2) is 18.2 Å². The maximum Gasteiger partial charge on any atom is 0.0320 e. The molecule has 1 aromatic carbocycles. The van der Waals surface area contributed by atoms with Crippen molar-refractivity contribution in [2.45, 2.75) is 51.5 Å². The summed E-state index contributed by atoms with van der Waals surface area (Å²) in [5.41, 5.74) is 4.63. The first-order valence-electron chi connectivity index (χ1n) is 6.64. The summed E-state index contributed by atoms with van der Waals surface area (Å²) in [5, 5.41) is 3.47. The number of benzene rings is 1. The molecule has 1 aromatic rings. The first-order chi connectivity index (χ1) is 7.85. The van der Waals surface area contributed by atoms with E-state index >= 15 is 0 Å². The van der Waals surface area contributed by atoms with Gasteiger partial charge in [0.2, 0.25) is 0 Å². The fourth-order valence-electron chi connectivity index (χ4n) is 2.76. The van der Waals surface area contributed by atoms with Crippen LogP contribution in [-0.4, -0.2) is 7.05 Å². The molecule has 1 aliphatic rings. The second-order valence-electron chi connectivity index (χ2n) is 4.87. The lowest BCUT2D eigenvalue weighted by Crippen LogP contribution is -2.16. The van der Waals surface area contributed by atoms with Gasteiger partial charge in [0.1, 0.15) is 0 Å². The molecule has 0 saturated carbocycles. The van der Waals surface area contributed by atoms with Gasteiger partial charge >= 0.3 is 0 Å². The second-order valence-corrected chi connectivity index (χ2v) is 4.87. The summed E-state index contributed by atoms with van der Waals surface area (Å²) in [5.74, 6) is 0. The minimum Gasteiger partial charge on any atom is -0.313 e. The Balaban J connectivity index is 2.32. The highest BCUT2D eigenvalue weighted by atomic mass is 14.9. The van der Waals surface area contributed by atoms with E-state index in [1.54, 1.807) is 11.1 Å². The number of hydrogen-bond acceptors (Lipinski definition) is 1. The maximum atomic E-state index is 3.47. The van der Waals surface area contributed by atoms with Crippen LogP contribution in [0.1, 0.15) is 55.3 Å². The lowest BCUT2D eigenvalue weighted by atomic mass is 9.95. The van der Waals surface area contributed by atoms with E-state index in [9.17, 15) is 0 Å². The van der Waals surface area contributed by atoms with Gasteiger partial charge in [-0.05, 0) is 49.4 Å². The molecule has 0 saturated heterocycles. The molecule has 2 rings (SSSR count). The molecule has 0 amide bonds. The van der Waals surface area contributed by atoms with Crippen LogP contribution >= 0.6 is 0 Å². The van der Waals surface area contributed by atoms with Crippen molar-refractivity contribution in [1.82, 2.24) is 5.32 Å². The molecule has 88 valence electrons. The summed E-state index contributed by atoms with van der Waals surface area (Å²) >= 11 is 0. The van der Waals surface area contributed by atoms with Crippen LogP contribution in [-0.2, 0) is 12.8 Å². The molecule has 0 fully saturated rings. The van der Waals surface area contributed by atoms with Gasteiger partial charge in [0.05, 0.1) is 0 Å². The predicted molar refractivity (Wildman–Crippen MR) is 69.8 cm³/mol. The van der Waals surface area contributed by atoms with Crippen molar-refractivity contribution in [1.29, 1.82) is 0 Å². The average molecular weight is 217 g/mol. The van der Waals surface area contributed by atoms with E-state index < -0.39 is 0 Å². The lowest BCUT2D eigenvalue weighted by molar-refractivity contribution is 0.533. The summed E-state index contributed by atoms with van der Waals surface area (Å²) < 4.78 is 0. The third kappa shape index (κ3) is 2.46. The van der Waals surface area contributed by atoms with Gasteiger partial charge in [-0.3, -0.25) is 0 Å². The fourth-order valence-corrected chi connectivity index (χ4v) is 2.76. The zero-order chi connectivity index (χ0) is 11.4. The maximum absolute atomic E-state index is 3.47. The zero-order valence-electron chi connectivity index (χ0n) is 10.6. The van der Waals surface area contributed by atoms with Crippen LogP contribution in [0.2, 0.25) is 0 Å². The monoisotopic (exact) mass is 217 g/mol. The van der Waals surface area contributed by atoms with Crippen molar-refractivity contribution < 1.29 is 0 Å². The van der Waals surface area contributed by atoms with E-state index in [-0.39, 0.29) is 0 Å². The smallest absolute Gasteiger partial charge is 0.0320 e. The van der Waals surface area contributed by atoms with Gasteiger partial charge in [-0.1, -0.05) is 38.0 Å². The highest BCUT2D eigenvalue weighted by Crippen LogP contribution is 2.29. The van der Waals surface area contributed by atoms with Crippen molar-refractivity contribution in [2.75, 3.05) is 7.05 Å². The Hall–Kier alpha value is -0.820. The van der Waals surface area contributed by atoms with Crippen molar-refractivity contribution in [3.05, 3.63) is 34.9 Å². The van der Waals surface area contributed by atoms with E-state index in [1.165, 1.54) is 44.1 Å². The molecule has 0 heterocycles. The number of aryl methyl sites for hydroxylation is 2. The fraction of sp³-hybridized carbons (Fsp3) is 0.600. The van der Waals surface area contributed by atoms with Crippen LogP contribution in [0.25, 0.3) is 0 Å². The van der Waals surface area contributed by atoms with Crippen molar-refractivity contribution >= 4 is 0 Å². The molecule has 1 atom stereocenters. The highest BCUT2D eigenvalue weighted by molar-refractivity contribution is 5.35. The van der Waals surface area contributed by atoms with Gasteiger partial charge in [-0.15, -0.1) is 0 Å². The molecule has 0 aromatic heterocycles. The Bertz CT molecular complexity index is 343. The van der Waals surface area contributed by atoms with Crippen LogP contribution in [0.4, 0.5) is 0 Å². The van der Waals surface area contributed by atoms with Gasteiger partial charge in [0.15, 0.2) is 0 Å². The number of nitrogens with one attached hydrogen (secondary N) is 1. The summed E-state index contributed by atoms with van der Waals surface area (Å²) in [4.78, 5) is 0. The van der Waals surface area contributed by atoms with E-state index in [0.717, 1.165) is 0 Å². The summed E-state index contributed by atoms with van der Waals surface area (Å²) in [6.45, 7) is 2.25. The molecule has 1 unspecified atom stereocenters. The Labute approximate surface area is 99.3 Å². The molecule has 0 spiro atoms. The average Bonchev–Trinajstić information content (AvgIpc) is 2.51. The minimum atomic E-state index is 0.578.